The first-order valence-electron chi connectivity index (χ1n) is 6.14. The van der Waals surface area contributed by atoms with Gasteiger partial charge in [-0.05, 0) is 35.4 Å². The van der Waals surface area contributed by atoms with Gasteiger partial charge in [0.15, 0.2) is 11.6 Å². The van der Waals surface area contributed by atoms with Gasteiger partial charge in [-0.2, -0.15) is 5.26 Å². The van der Waals surface area contributed by atoms with Crippen LogP contribution in [0.2, 0.25) is 0 Å². The molecular formula is C16H14FNO2. The minimum Gasteiger partial charge on any atom is -0.494 e. The number of methoxy groups -OCH3 is 1. The van der Waals surface area contributed by atoms with E-state index in [-0.39, 0.29) is 12.2 Å². The molecule has 0 aromatic heterocycles. The number of rotatable bonds is 4. The Balaban J connectivity index is 2.17. The van der Waals surface area contributed by atoms with Gasteiger partial charge in [-0.3, -0.25) is 0 Å². The van der Waals surface area contributed by atoms with Crippen molar-refractivity contribution in [2.75, 3.05) is 7.11 Å². The molecule has 0 aliphatic carbocycles. The first kappa shape index (κ1) is 14.0. The van der Waals surface area contributed by atoms with Crippen molar-refractivity contribution < 1.29 is 14.2 Å². The second kappa shape index (κ2) is 6.18. The molecule has 2 aromatic rings. The number of nitrogens with zero attached hydrogens (tertiary/aromatic N) is 1. The zero-order chi connectivity index (χ0) is 14.5. The SMILES string of the molecule is COc1ccc(CC(O)c2cccc(C#N)c2)cc1F. The second-order valence-electron chi connectivity index (χ2n) is 4.43. The second-order valence-corrected chi connectivity index (χ2v) is 4.43. The normalized spacial score (nSPS) is 11.7. The van der Waals surface area contributed by atoms with E-state index in [2.05, 4.69) is 0 Å². The van der Waals surface area contributed by atoms with Gasteiger partial charge in [-0.15, -0.1) is 0 Å². The van der Waals surface area contributed by atoms with E-state index in [1.54, 1.807) is 30.3 Å². The van der Waals surface area contributed by atoms with Crippen molar-refractivity contribution in [1.29, 1.82) is 5.26 Å². The van der Waals surface area contributed by atoms with Crippen LogP contribution in [0, 0.1) is 17.1 Å². The number of aliphatic hydroxyl groups is 1. The summed E-state index contributed by atoms with van der Waals surface area (Å²) in [5.41, 5.74) is 1.79. The lowest BCUT2D eigenvalue weighted by molar-refractivity contribution is 0.178. The van der Waals surface area contributed by atoms with E-state index in [1.165, 1.54) is 19.2 Å². The Labute approximate surface area is 116 Å². The molecule has 3 nitrogen and oxygen atoms in total. The van der Waals surface area contributed by atoms with Crippen molar-refractivity contribution >= 4 is 0 Å². The van der Waals surface area contributed by atoms with Crippen LogP contribution in [0.3, 0.4) is 0 Å². The molecule has 1 N–H and O–H groups in total. The molecule has 0 aliphatic heterocycles. The predicted octanol–water partition coefficient (Wildman–Crippen LogP) is 2.98. The molecule has 4 heteroatoms. The van der Waals surface area contributed by atoms with Crippen molar-refractivity contribution in [2.24, 2.45) is 0 Å². The standard InChI is InChI=1S/C16H14FNO2/c1-20-16-6-5-11(8-14(16)17)9-15(19)13-4-2-3-12(7-13)10-18/h2-8,15,19H,9H2,1H3. The molecule has 2 rings (SSSR count). The molecule has 2 aromatic carbocycles. The third-order valence-electron chi connectivity index (χ3n) is 3.05. The molecule has 0 amide bonds. The summed E-state index contributed by atoms with van der Waals surface area (Å²) in [5, 5.41) is 19.0. The van der Waals surface area contributed by atoms with Crippen LogP contribution in [0.5, 0.6) is 5.75 Å². The average molecular weight is 271 g/mol. The first-order chi connectivity index (χ1) is 9.63. The third-order valence-corrected chi connectivity index (χ3v) is 3.05. The van der Waals surface area contributed by atoms with Crippen molar-refractivity contribution in [1.82, 2.24) is 0 Å². The Morgan fingerprint density at radius 3 is 2.75 bits per heavy atom. The predicted molar refractivity (Wildman–Crippen MR) is 72.8 cm³/mol. The Morgan fingerprint density at radius 1 is 1.30 bits per heavy atom. The van der Waals surface area contributed by atoms with Gasteiger partial charge in [0.2, 0.25) is 0 Å². The van der Waals surface area contributed by atoms with E-state index < -0.39 is 11.9 Å². The maximum atomic E-state index is 13.6. The zero-order valence-corrected chi connectivity index (χ0v) is 11.0. The Kier molecular flexibility index (Phi) is 4.34. The number of benzene rings is 2. The Bertz CT molecular complexity index is 649. The molecule has 0 saturated heterocycles. The van der Waals surface area contributed by atoms with Crippen LogP contribution >= 0.6 is 0 Å². The van der Waals surface area contributed by atoms with E-state index in [4.69, 9.17) is 10.00 Å². The highest BCUT2D eigenvalue weighted by atomic mass is 19.1. The highest BCUT2D eigenvalue weighted by Gasteiger charge is 2.11. The number of nitriles is 1. The molecular weight excluding hydrogens is 257 g/mol. The van der Waals surface area contributed by atoms with Gasteiger partial charge in [-0.25, -0.2) is 4.39 Å². The maximum Gasteiger partial charge on any atom is 0.165 e. The lowest BCUT2D eigenvalue weighted by Crippen LogP contribution is -2.03. The summed E-state index contributed by atoms with van der Waals surface area (Å²) >= 11 is 0. The highest BCUT2D eigenvalue weighted by Crippen LogP contribution is 2.23. The Hall–Kier alpha value is -2.38. The summed E-state index contributed by atoms with van der Waals surface area (Å²) in [6, 6.07) is 13.4. The van der Waals surface area contributed by atoms with Crippen LogP contribution in [0.25, 0.3) is 0 Å². The van der Waals surface area contributed by atoms with Crippen LogP contribution in [-0.2, 0) is 6.42 Å². The summed E-state index contributed by atoms with van der Waals surface area (Å²) in [5.74, 6) is -0.280. The fourth-order valence-corrected chi connectivity index (χ4v) is 1.99. The fourth-order valence-electron chi connectivity index (χ4n) is 1.99. The van der Waals surface area contributed by atoms with E-state index in [9.17, 15) is 9.50 Å². The number of halogens is 1. The van der Waals surface area contributed by atoms with Gasteiger partial charge in [0.25, 0.3) is 0 Å². The topological polar surface area (TPSA) is 53.2 Å². The third kappa shape index (κ3) is 3.14. The molecule has 20 heavy (non-hydrogen) atoms. The van der Waals surface area contributed by atoms with Gasteiger partial charge in [0.05, 0.1) is 24.8 Å². The van der Waals surface area contributed by atoms with E-state index in [0.717, 1.165) is 0 Å². The molecule has 0 fully saturated rings. The van der Waals surface area contributed by atoms with Crippen LogP contribution in [0.1, 0.15) is 22.8 Å². The van der Waals surface area contributed by atoms with Gasteiger partial charge in [-0.1, -0.05) is 18.2 Å². The van der Waals surface area contributed by atoms with Crippen LogP contribution in [-0.4, -0.2) is 12.2 Å². The quantitative estimate of drug-likeness (QED) is 0.930. The van der Waals surface area contributed by atoms with Crippen LogP contribution < -0.4 is 4.74 Å². The zero-order valence-electron chi connectivity index (χ0n) is 11.0. The molecule has 0 radical (unpaired) electrons. The largest absolute Gasteiger partial charge is 0.494 e. The number of ether oxygens (including phenoxy) is 1. The molecule has 0 saturated carbocycles. The summed E-state index contributed by atoms with van der Waals surface area (Å²) in [7, 11) is 1.40. The first-order valence-corrected chi connectivity index (χ1v) is 6.14. The maximum absolute atomic E-state index is 13.6. The van der Waals surface area contributed by atoms with Gasteiger partial charge >= 0.3 is 0 Å². The molecule has 1 atom stereocenters. The van der Waals surface area contributed by atoms with Gasteiger partial charge < -0.3 is 9.84 Å². The minimum atomic E-state index is -0.781. The lowest BCUT2D eigenvalue weighted by atomic mass is 10.00. The summed E-state index contributed by atoms with van der Waals surface area (Å²) in [6.07, 6.45) is -0.508. The van der Waals surface area contributed by atoms with E-state index in [1.807, 2.05) is 6.07 Å². The average Bonchev–Trinajstić information content (AvgIpc) is 2.47. The summed E-state index contributed by atoms with van der Waals surface area (Å²) < 4.78 is 18.4. The smallest absolute Gasteiger partial charge is 0.165 e. The van der Waals surface area contributed by atoms with Gasteiger partial charge in [0, 0.05) is 6.42 Å². The van der Waals surface area contributed by atoms with E-state index >= 15 is 0 Å². The number of hydrogen-bond acceptors (Lipinski definition) is 3. The van der Waals surface area contributed by atoms with E-state index in [0.29, 0.717) is 16.7 Å². The Morgan fingerprint density at radius 2 is 2.10 bits per heavy atom. The van der Waals surface area contributed by atoms with Crippen molar-refractivity contribution in [3.63, 3.8) is 0 Å². The van der Waals surface area contributed by atoms with Crippen molar-refractivity contribution in [3.05, 3.63) is 65.0 Å². The molecule has 0 spiro atoms. The van der Waals surface area contributed by atoms with Crippen LogP contribution in [0.15, 0.2) is 42.5 Å². The molecule has 0 heterocycles. The number of aliphatic hydroxyl groups excluding tert-OH is 1. The monoisotopic (exact) mass is 271 g/mol. The number of hydrogen-bond donors (Lipinski definition) is 1. The molecule has 0 bridgehead atoms. The van der Waals surface area contributed by atoms with Crippen molar-refractivity contribution in [3.8, 4) is 11.8 Å². The molecule has 1 unspecified atom stereocenters. The van der Waals surface area contributed by atoms with Gasteiger partial charge in [0.1, 0.15) is 0 Å². The fraction of sp³-hybridized carbons (Fsp3) is 0.188. The lowest BCUT2D eigenvalue weighted by Gasteiger charge is -2.12. The minimum absolute atomic E-state index is 0.176. The van der Waals surface area contributed by atoms with Crippen LogP contribution in [0.4, 0.5) is 4.39 Å². The highest BCUT2D eigenvalue weighted by molar-refractivity contribution is 5.35. The molecule has 102 valence electrons. The van der Waals surface area contributed by atoms with Crippen molar-refractivity contribution in [2.45, 2.75) is 12.5 Å². The molecule has 0 aliphatic rings. The summed E-state index contributed by atoms with van der Waals surface area (Å²) in [6.45, 7) is 0. The summed E-state index contributed by atoms with van der Waals surface area (Å²) in [4.78, 5) is 0.